The summed E-state index contributed by atoms with van der Waals surface area (Å²) in [6.45, 7) is 1.68. The highest BCUT2D eigenvalue weighted by atomic mass is 32.2. The monoisotopic (exact) mass is 417 g/mol. The van der Waals surface area contributed by atoms with Crippen LogP contribution in [0.15, 0.2) is 52.0 Å². The second kappa shape index (κ2) is 7.57. The van der Waals surface area contributed by atoms with Crippen LogP contribution in [0.5, 0.6) is 17.2 Å². The Morgan fingerprint density at radius 3 is 2.14 bits per heavy atom. The van der Waals surface area contributed by atoms with Crippen molar-refractivity contribution in [1.29, 1.82) is 0 Å². The van der Waals surface area contributed by atoms with Crippen molar-refractivity contribution in [3.8, 4) is 17.2 Å². The third kappa shape index (κ3) is 3.93. The van der Waals surface area contributed by atoms with Crippen LogP contribution in [-0.2, 0) is 14.8 Å². The van der Waals surface area contributed by atoms with Gasteiger partial charge in [0.1, 0.15) is 0 Å². The molecule has 29 heavy (non-hydrogen) atoms. The molecule has 0 atom stereocenters. The van der Waals surface area contributed by atoms with E-state index in [0.29, 0.717) is 22.5 Å². The van der Waals surface area contributed by atoms with Crippen molar-refractivity contribution >= 4 is 33.4 Å². The minimum absolute atomic E-state index is 0.0624. The molecule has 1 heterocycles. The van der Waals surface area contributed by atoms with Gasteiger partial charge in [0.15, 0.2) is 11.5 Å². The molecule has 0 bridgehead atoms. The van der Waals surface area contributed by atoms with Crippen LogP contribution in [-0.4, -0.2) is 39.4 Å². The molecule has 1 aliphatic heterocycles. The van der Waals surface area contributed by atoms with Crippen LogP contribution in [0.1, 0.15) is 12.5 Å². The largest absolute Gasteiger partial charge is 0.502 e. The third-order valence-corrected chi connectivity index (χ3v) is 5.21. The summed E-state index contributed by atoms with van der Waals surface area (Å²) in [6, 6.07) is 8.64. The van der Waals surface area contributed by atoms with E-state index in [1.165, 1.54) is 43.5 Å². The lowest BCUT2D eigenvalue weighted by Gasteiger charge is -2.12. The molecule has 0 saturated heterocycles. The van der Waals surface area contributed by atoms with Gasteiger partial charge in [-0.15, -0.1) is 0 Å². The van der Waals surface area contributed by atoms with Crippen molar-refractivity contribution in [2.75, 3.05) is 19.2 Å². The number of sulfonamides is 1. The zero-order chi connectivity index (χ0) is 21.3. The van der Waals surface area contributed by atoms with E-state index in [0.717, 1.165) is 0 Å². The number of phenols is 1. The van der Waals surface area contributed by atoms with Crippen molar-refractivity contribution in [3.63, 3.8) is 0 Å². The first-order valence-corrected chi connectivity index (χ1v) is 9.90. The lowest BCUT2D eigenvalue weighted by Crippen LogP contribution is -2.21. The summed E-state index contributed by atoms with van der Waals surface area (Å²) < 4.78 is 33.0. The average Bonchev–Trinajstić information content (AvgIpc) is 2.96. The molecular weight excluding hydrogens is 398 g/mol. The number of amides is 1. The number of benzene rings is 2. The number of nitrogens with two attached hydrogens (primary N) is 1. The minimum Gasteiger partial charge on any atom is -0.502 e. The van der Waals surface area contributed by atoms with Gasteiger partial charge >= 0.3 is 0 Å². The number of phenolic OH excluding ortho intramolecular Hbond substituents is 1. The van der Waals surface area contributed by atoms with Crippen molar-refractivity contribution in [3.05, 3.63) is 47.5 Å². The van der Waals surface area contributed by atoms with Crippen molar-refractivity contribution in [2.45, 2.75) is 11.8 Å². The van der Waals surface area contributed by atoms with Crippen molar-refractivity contribution < 1.29 is 27.8 Å². The van der Waals surface area contributed by atoms with Crippen LogP contribution < -0.4 is 19.6 Å². The Labute approximate surface area is 167 Å². The number of nitrogens with zero attached hydrogens (tertiary/aromatic N) is 2. The number of hydrazone groups is 1. The van der Waals surface area contributed by atoms with E-state index in [1.807, 2.05) is 0 Å². The number of carbonyl (C=O) groups excluding carboxylic acids is 1. The van der Waals surface area contributed by atoms with Crippen LogP contribution in [0.4, 0.5) is 5.69 Å². The zero-order valence-corrected chi connectivity index (χ0v) is 16.7. The van der Waals surface area contributed by atoms with Gasteiger partial charge in [0.05, 0.1) is 36.1 Å². The molecule has 0 saturated carbocycles. The predicted octanol–water partition coefficient (Wildman–Crippen LogP) is 1.86. The molecule has 0 radical (unpaired) electrons. The summed E-state index contributed by atoms with van der Waals surface area (Å²) in [5, 5.41) is 20.5. The molecule has 9 nitrogen and oxygen atoms in total. The van der Waals surface area contributed by atoms with Crippen LogP contribution in [0.3, 0.4) is 0 Å². The summed E-state index contributed by atoms with van der Waals surface area (Å²) in [6.07, 6.45) is 1.60. The second-order valence-electron chi connectivity index (χ2n) is 6.17. The maximum atomic E-state index is 12.9. The van der Waals surface area contributed by atoms with Gasteiger partial charge in [-0.05, 0) is 55.0 Å². The third-order valence-electron chi connectivity index (χ3n) is 4.29. The summed E-state index contributed by atoms with van der Waals surface area (Å²) in [5.74, 6) is -0.132. The van der Waals surface area contributed by atoms with E-state index >= 15 is 0 Å². The summed E-state index contributed by atoms with van der Waals surface area (Å²) >= 11 is 0. The molecule has 1 amide bonds. The Hall–Kier alpha value is -3.37. The van der Waals surface area contributed by atoms with Crippen molar-refractivity contribution in [2.24, 2.45) is 10.2 Å². The second-order valence-corrected chi connectivity index (χ2v) is 7.73. The molecule has 0 unspecified atom stereocenters. The number of primary sulfonamides is 1. The van der Waals surface area contributed by atoms with E-state index in [2.05, 4.69) is 5.10 Å². The lowest BCUT2D eigenvalue weighted by molar-refractivity contribution is -0.114. The SMILES string of the molecule is COc1cc(/C=C2\C(=O)N(c3ccc(S(N)(=O)=O)cc3)N=C2C)cc(OC)c1O. The van der Waals surface area contributed by atoms with Gasteiger partial charge in [-0.25, -0.2) is 13.6 Å². The molecule has 0 spiro atoms. The van der Waals surface area contributed by atoms with Crippen LogP contribution in [0.25, 0.3) is 6.08 Å². The van der Waals surface area contributed by atoms with Gasteiger partial charge in [-0.1, -0.05) is 0 Å². The Morgan fingerprint density at radius 1 is 1.10 bits per heavy atom. The number of anilines is 1. The number of hydrogen-bond acceptors (Lipinski definition) is 7. The van der Waals surface area contributed by atoms with Gasteiger partial charge in [0.2, 0.25) is 15.8 Å². The number of ether oxygens (including phenoxy) is 2. The van der Waals surface area contributed by atoms with E-state index in [-0.39, 0.29) is 22.1 Å². The Bertz CT molecular complexity index is 1110. The summed E-state index contributed by atoms with van der Waals surface area (Å²) in [7, 11) is -1.01. The smallest absolute Gasteiger partial charge is 0.280 e. The molecule has 3 N–H and O–H groups in total. The minimum atomic E-state index is -3.83. The Kier molecular flexibility index (Phi) is 5.31. The Balaban J connectivity index is 1.96. The standard InChI is InChI=1S/C19H19N3O6S/c1-11-15(8-12-9-16(27-2)18(23)17(10-12)28-3)19(24)22(21-11)13-4-6-14(7-5-13)29(20,25)26/h4-10,23H,1-3H3,(H2,20,25,26)/b15-8-. The molecule has 2 aromatic rings. The van der Waals surface area contributed by atoms with Gasteiger partial charge < -0.3 is 14.6 Å². The highest BCUT2D eigenvalue weighted by Crippen LogP contribution is 2.38. The highest BCUT2D eigenvalue weighted by molar-refractivity contribution is 7.89. The molecule has 1 aliphatic rings. The molecular formula is C19H19N3O6S. The molecule has 0 fully saturated rings. The van der Waals surface area contributed by atoms with E-state index in [4.69, 9.17) is 14.6 Å². The van der Waals surface area contributed by atoms with E-state index in [9.17, 15) is 18.3 Å². The van der Waals surface area contributed by atoms with Gasteiger partial charge in [0.25, 0.3) is 5.91 Å². The fourth-order valence-electron chi connectivity index (χ4n) is 2.80. The maximum Gasteiger partial charge on any atom is 0.280 e. The normalized spacial score (nSPS) is 15.6. The number of methoxy groups -OCH3 is 2. The van der Waals surface area contributed by atoms with E-state index < -0.39 is 15.9 Å². The highest BCUT2D eigenvalue weighted by Gasteiger charge is 2.29. The Morgan fingerprint density at radius 2 is 1.66 bits per heavy atom. The lowest BCUT2D eigenvalue weighted by atomic mass is 10.1. The molecule has 2 aromatic carbocycles. The molecule has 0 aliphatic carbocycles. The molecule has 152 valence electrons. The topological polar surface area (TPSA) is 132 Å². The van der Waals surface area contributed by atoms with Crippen LogP contribution in [0.2, 0.25) is 0 Å². The van der Waals surface area contributed by atoms with E-state index in [1.54, 1.807) is 25.1 Å². The number of hydrogen-bond donors (Lipinski definition) is 2. The van der Waals surface area contributed by atoms with Gasteiger partial charge in [-0.3, -0.25) is 4.79 Å². The van der Waals surface area contributed by atoms with Crippen LogP contribution >= 0.6 is 0 Å². The van der Waals surface area contributed by atoms with Gasteiger partial charge in [0, 0.05) is 0 Å². The first kappa shape index (κ1) is 20.4. The molecule has 0 aromatic heterocycles. The number of rotatable bonds is 5. The van der Waals surface area contributed by atoms with Crippen molar-refractivity contribution in [1.82, 2.24) is 0 Å². The average molecular weight is 417 g/mol. The summed E-state index contributed by atoms with van der Waals surface area (Å²) in [5.41, 5.74) is 1.76. The quantitative estimate of drug-likeness (QED) is 0.714. The first-order valence-electron chi connectivity index (χ1n) is 8.35. The number of aromatic hydroxyl groups is 1. The first-order chi connectivity index (χ1) is 13.7. The number of carbonyl (C=O) groups is 1. The van der Waals surface area contributed by atoms with Gasteiger partial charge in [-0.2, -0.15) is 10.1 Å². The molecule has 10 heteroatoms. The zero-order valence-electron chi connectivity index (χ0n) is 15.9. The predicted molar refractivity (Wildman–Crippen MR) is 108 cm³/mol. The maximum absolute atomic E-state index is 12.9. The fraction of sp³-hybridized carbons (Fsp3) is 0.158. The molecule has 3 rings (SSSR count). The van der Waals surface area contributed by atoms with Crippen LogP contribution in [0, 0.1) is 0 Å². The summed E-state index contributed by atoms with van der Waals surface area (Å²) in [4.78, 5) is 12.8. The fourth-order valence-corrected chi connectivity index (χ4v) is 3.32.